The molecule has 0 aliphatic carbocycles. The van der Waals surface area contributed by atoms with Gasteiger partial charge in [0.2, 0.25) is 0 Å². The first-order chi connectivity index (χ1) is 11.6. The zero-order chi connectivity index (χ0) is 17.5. The molecular formula is C19H23NO3S. The first-order valence-corrected chi connectivity index (χ1v) is 9.03. The third-order valence-electron chi connectivity index (χ3n) is 3.72. The van der Waals surface area contributed by atoms with Crippen LogP contribution in [0.15, 0.2) is 42.5 Å². The standard InChI is InChI=1S/C19H23NO3S/c1-20(12-16-9-6-10-17(22-2)18(16)23-3)19(21)15-8-5-7-14(11-15)13-24-4/h5-11H,12-13H2,1-4H3. The van der Waals surface area contributed by atoms with E-state index in [4.69, 9.17) is 9.47 Å². The molecule has 0 radical (unpaired) electrons. The van der Waals surface area contributed by atoms with Crippen LogP contribution in [0.2, 0.25) is 0 Å². The highest BCUT2D eigenvalue weighted by Gasteiger charge is 2.16. The van der Waals surface area contributed by atoms with Gasteiger partial charge in [-0.05, 0) is 30.0 Å². The Balaban J connectivity index is 2.19. The molecule has 0 unspecified atom stereocenters. The molecular weight excluding hydrogens is 322 g/mol. The van der Waals surface area contributed by atoms with Crippen molar-refractivity contribution in [2.24, 2.45) is 0 Å². The average molecular weight is 345 g/mol. The van der Waals surface area contributed by atoms with Gasteiger partial charge in [-0.25, -0.2) is 0 Å². The SMILES string of the molecule is COc1cccc(CN(C)C(=O)c2cccc(CSC)c2)c1OC. The zero-order valence-electron chi connectivity index (χ0n) is 14.5. The number of benzene rings is 2. The number of thioether (sulfide) groups is 1. The van der Waals surface area contributed by atoms with Gasteiger partial charge >= 0.3 is 0 Å². The Morgan fingerprint density at radius 1 is 1.12 bits per heavy atom. The first kappa shape index (κ1) is 18.2. The van der Waals surface area contributed by atoms with E-state index in [1.165, 1.54) is 0 Å². The number of para-hydroxylation sites is 1. The number of hydrogen-bond donors (Lipinski definition) is 0. The Labute approximate surface area is 147 Å². The maximum atomic E-state index is 12.7. The number of carbonyl (C=O) groups is 1. The van der Waals surface area contributed by atoms with Crippen LogP contribution in [0.3, 0.4) is 0 Å². The Morgan fingerprint density at radius 3 is 2.54 bits per heavy atom. The quantitative estimate of drug-likeness (QED) is 0.764. The molecule has 0 aliphatic heterocycles. The maximum Gasteiger partial charge on any atom is 0.253 e. The van der Waals surface area contributed by atoms with Crippen LogP contribution in [0.4, 0.5) is 0 Å². The number of nitrogens with zero attached hydrogens (tertiary/aromatic N) is 1. The summed E-state index contributed by atoms with van der Waals surface area (Å²) in [6, 6.07) is 13.5. The Kier molecular flexibility index (Phi) is 6.55. The van der Waals surface area contributed by atoms with Gasteiger partial charge in [-0.15, -0.1) is 0 Å². The molecule has 24 heavy (non-hydrogen) atoms. The molecule has 0 saturated heterocycles. The summed E-state index contributed by atoms with van der Waals surface area (Å²) >= 11 is 1.74. The van der Waals surface area contributed by atoms with Crippen LogP contribution in [0.5, 0.6) is 11.5 Å². The van der Waals surface area contributed by atoms with Crippen LogP contribution in [-0.4, -0.2) is 38.3 Å². The van der Waals surface area contributed by atoms with Crippen LogP contribution in [-0.2, 0) is 12.3 Å². The highest BCUT2D eigenvalue weighted by Crippen LogP contribution is 2.31. The number of amides is 1. The molecule has 2 aromatic carbocycles. The van der Waals surface area contributed by atoms with E-state index in [1.54, 1.807) is 37.9 Å². The Hall–Kier alpha value is -2.14. The second-order valence-electron chi connectivity index (χ2n) is 5.45. The molecule has 0 bridgehead atoms. The molecule has 0 saturated carbocycles. The summed E-state index contributed by atoms with van der Waals surface area (Å²) in [5.41, 5.74) is 2.76. The van der Waals surface area contributed by atoms with Crippen molar-refractivity contribution in [3.05, 3.63) is 59.2 Å². The molecule has 0 N–H and O–H groups in total. The van der Waals surface area contributed by atoms with Crippen LogP contribution in [0.25, 0.3) is 0 Å². The largest absolute Gasteiger partial charge is 0.493 e. The summed E-state index contributed by atoms with van der Waals surface area (Å²) in [5, 5.41) is 0. The molecule has 0 atom stereocenters. The van der Waals surface area contributed by atoms with Crippen molar-refractivity contribution in [2.75, 3.05) is 27.5 Å². The average Bonchev–Trinajstić information content (AvgIpc) is 2.61. The van der Waals surface area contributed by atoms with Crippen LogP contribution in [0, 0.1) is 0 Å². The number of ether oxygens (including phenoxy) is 2. The van der Waals surface area contributed by atoms with Gasteiger partial charge in [0.05, 0.1) is 14.2 Å². The minimum atomic E-state index is -0.0113. The van der Waals surface area contributed by atoms with E-state index in [9.17, 15) is 4.79 Å². The fraction of sp³-hybridized carbons (Fsp3) is 0.316. The van der Waals surface area contributed by atoms with Crippen molar-refractivity contribution in [3.8, 4) is 11.5 Å². The molecule has 128 valence electrons. The first-order valence-electron chi connectivity index (χ1n) is 7.64. The fourth-order valence-corrected chi connectivity index (χ4v) is 3.10. The fourth-order valence-electron chi connectivity index (χ4n) is 2.59. The van der Waals surface area contributed by atoms with Crippen LogP contribution in [0.1, 0.15) is 21.5 Å². The lowest BCUT2D eigenvalue weighted by Crippen LogP contribution is -2.26. The molecule has 4 nitrogen and oxygen atoms in total. The van der Waals surface area contributed by atoms with Crippen molar-refractivity contribution in [1.29, 1.82) is 0 Å². The summed E-state index contributed by atoms with van der Waals surface area (Å²) in [5.74, 6) is 2.21. The molecule has 0 aliphatic rings. The topological polar surface area (TPSA) is 38.8 Å². The molecule has 0 spiro atoms. The highest BCUT2D eigenvalue weighted by atomic mass is 32.2. The van der Waals surface area contributed by atoms with Gasteiger partial charge in [0.15, 0.2) is 11.5 Å². The van der Waals surface area contributed by atoms with Crippen molar-refractivity contribution in [2.45, 2.75) is 12.3 Å². The highest BCUT2D eigenvalue weighted by molar-refractivity contribution is 7.97. The lowest BCUT2D eigenvalue weighted by molar-refractivity contribution is 0.0784. The molecule has 2 aromatic rings. The van der Waals surface area contributed by atoms with Gasteiger partial charge in [0, 0.05) is 30.5 Å². The van der Waals surface area contributed by atoms with Gasteiger partial charge in [-0.3, -0.25) is 4.79 Å². The lowest BCUT2D eigenvalue weighted by Gasteiger charge is -2.20. The van der Waals surface area contributed by atoms with Gasteiger partial charge < -0.3 is 14.4 Å². The van der Waals surface area contributed by atoms with E-state index >= 15 is 0 Å². The van der Waals surface area contributed by atoms with Gasteiger partial charge in [0.1, 0.15) is 0 Å². The third kappa shape index (κ3) is 4.23. The minimum Gasteiger partial charge on any atom is -0.493 e. The summed E-state index contributed by atoms with van der Waals surface area (Å²) < 4.78 is 10.8. The second-order valence-corrected chi connectivity index (χ2v) is 6.31. The molecule has 0 fully saturated rings. The maximum absolute atomic E-state index is 12.7. The number of carbonyl (C=O) groups excluding carboxylic acids is 1. The smallest absolute Gasteiger partial charge is 0.253 e. The van der Waals surface area contributed by atoms with Gasteiger partial charge in [-0.1, -0.05) is 24.3 Å². The number of methoxy groups -OCH3 is 2. The zero-order valence-corrected chi connectivity index (χ0v) is 15.4. The normalized spacial score (nSPS) is 10.3. The van der Waals surface area contributed by atoms with Crippen molar-refractivity contribution < 1.29 is 14.3 Å². The van der Waals surface area contributed by atoms with E-state index in [0.717, 1.165) is 16.9 Å². The van der Waals surface area contributed by atoms with E-state index in [-0.39, 0.29) is 5.91 Å². The summed E-state index contributed by atoms with van der Waals surface area (Å²) in [6.07, 6.45) is 2.05. The van der Waals surface area contributed by atoms with E-state index in [2.05, 4.69) is 6.26 Å². The summed E-state index contributed by atoms with van der Waals surface area (Å²) in [6.45, 7) is 0.450. The molecule has 1 amide bonds. The van der Waals surface area contributed by atoms with Crippen molar-refractivity contribution in [3.63, 3.8) is 0 Å². The van der Waals surface area contributed by atoms with Crippen molar-refractivity contribution in [1.82, 2.24) is 4.90 Å². The molecule has 0 heterocycles. The van der Waals surface area contributed by atoms with Gasteiger partial charge in [-0.2, -0.15) is 11.8 Å². The Morgan fingerprint density at radius 2 is 1.88 bits per heavy atom. The number of hydrogen-bond acceptors (Lipinski definition) is 4. The Bertz CT molecular complexity index is 703. The number of rotatable bonds is 7. The molecule has 2 rings (SSSR count). The van der Waals surface area contributed by atoms with E-state index < -0.39 is 0 Å². The summed E-state index contributed by atoms with van der Waals surface area (Å²) in [4.78, 5) is 14.4. The van der Waals surface area contributed by atoms with Crippen molar-refractivity contribution >= 4 is 17.7 Å². The predicted molar refractivity (Wildman–Crippen MR) is 99.0 cm³/mol. The summed E-state index contributed by atoms with van der Waals surface area (Å²) in [7, 11) is 5.01. The lowest BCUT2D eigenvalue weighted by atomic mass is 10.1. The molecule has 0 aromatic heterocycles. The van der Waals surface area contributed by atoms with E-state index in [0.29, 0.717) is 23.6 Å². The minimum absolute atomic E-state index is 0.0113. The van der Waals surface area contributed by atoms with Crippen LogP contribution < -0.4 is 9.47 Å². The monoisotopic (exact) mass is 345 g/mol. The predicted octanol–water partition coefficient (Wildman–Crippen LogP) is 3.84. The van der Waals surface area contributed by atoms with Gasteiger partial charge in [0.25, 0.3) is 5.91 Å². The van der Waals surface area contributed by atoms with E-state index in [1.807, 2.05) is 42.5 Å². The third-order valence-corrected chi connectivity index (χ3v) is 4.35. The second kappa shape index (κ2) is 8.64. The van der Waals surface area contributed by atoms with Crippen LogP contribution >= 0.6 is 11.8 Å². The molecule has 5 heteroatoms.